The van der Waals surface area contributed by atoms with Crippen LogP contribution in [0.25, 0.3) is 10.9 Å². The van der Waals surface area contributed by atoms with Gasteiger partial charge in [0.1, 0.15) is 6.04 Å². The highest BCUT2D eigenvalue weighted by Gasteiger charge is 2.34. The third-order valence-electron chi connectivity index (χ3n) is 7.20. The first-order chi connectivity index (χ1) is 18.4. The van der Waals surface area contributed by atoms with E-state index in [2.05, 4.69) is 82.4 Å². The van der Waals surface area contributed by atoms with Gasteiger partial charge < -0.3 is 4.98 Å². The van der Waals surface area contributed by atoms with Crippen molar-refractivity contribution in [2.75, 3.05) is 0 Å². The molecule has 3 aromatic heterocycles. The second kappa shape index (κ2) is 10.7. The molecule has 0 fully saturated rings. The number of H-pyrrole nitrogens is 1. The number of aromatic nitrogens is 6. The molecule has 0 aliphatic carbocycles. The van der Waals surface area contributed by atoms with Crippen molar-refractivity contribution in [3.8, 4) is 0 Å². The number of hydrogen-bond acceptors (Lipinski definition) is 6. The molecular formula is C30H33N7O. The lowest BCUT2D eigenvalue weighted by Crippen LogP contribution is -2.38. The van der Waals surface area contributed by atoms with E-state index in [1.165, 1.54) is 0 Å². The first-order valence-corrected chi connectivity index (χ1v) is 12.9. The molecule has 8 nitrogen and oxygen atoms in total. The number of nitrogens with one attached hydrogen (secondary N) is 1. The zero-order valence-electron chi connectivity index (χ0n) is 22.3. The first-order valence-electron chi connectivity index (χ1n) is 12.9. The van der Waals surface area contributed by atoms with Crippen molar-refractivity contribution < 1.29 is 0 Å². The minimum Gasteiger partial charge on any atom is -0.322 e. The molecular weight excluding hydrogens is 474 g/mol. The van der Waals surface area contributed by atoms with Gasteiger partial charge in [-0.25, -0.2) is 4.68 Å². The number of fused-ring (bicyclic) bond motifs is 1. The summed E-state index contributed by atoms with van der Waals surface area (Å²) in [5, 5.41) is 14.0. The van der Waals surface area contributed by atoms with Crippen LogP contribution in [-0.4, -0.2) is 35.1 Å². The molecule has 0 bridgehead atoms. The van der Waals surface area contributed by atoms with Crippen LogP contribution in [0.3, 0.4) is 0 Å². The molecule has 0 amide bonds. The van der Waals surface area contributed by atoms with E-state index in [-0.39, 0.29) is 11.1 Å². The minimum absolute atomic E-state index is 0.153. The van der Waals surface area contributed by atoms with Crippen molar-refractivity contribution in [2.45, 2.75) is 58.8 Å². The van der Waals surface area contributed by atoms with E-state index in [1.54, 1.807) is 6.20 Å². The van der Waals surface area contributed by atoms with Gasteiger partial charge in [0.15, 0.2) is 5.82 Å². The summed E-state index contributed by atoms with van der Waals surface area (Å²) in [7, 11) is 0. The highest BCUT2D eigenvalue weighted by Crippen LogP contribution is 2.32. The normalized spacial score (nSPS) is 12.8. The topological polar surface area (TPSA) is 92.6 Å². The summed E-state index contributed by atoms with van der Waals surface area (Å²) in [6.45, 7) is 9.53. The predicted molar refractivity (Wildman–Crippen MR) is 149 cm³/mol. The van der Waals surface area contributed by atoms with Crippen molar-refractivity contribution in [1.29, 1.82) is 0 Å². The summed E-state index contributed by atoms with van der Waals surface area (Å²) in [5.41, 5.74) is 4.20. The molecule has 5 rings (SSSR count). The smallest absolute Gasteiger partial charge is 0.253 e. The van der Waals surface area contributed by atoms with E-state index in [0.717, 1.165) is 34.0 Å². The Balaban J connectivity index is 1.74. The molecule has 8 heteroatoms. The van der Waals surface area contributed by atoms with Crippen LogP contribution in [0.1, 0.15) is 61.3 Å². The van der Waals surface area contributed by atoms with E-state index >= 15 is 0 Å². The summed E-state index contributed by atoms with van der Waals surface area (Å²) in [6, 6.07) is 21.8. The number of nitrogens with zero attached hydrogens (tertiary/aromatic N) is 6. The van der Waals surface area contributed by atoms with Crippen molar-refractivity contribution in [3.05, 3.63) is 118 Å². The number of aryl methyl sites for hydroxylation is 1. The third kappa shape index (κ3) is 5.26. The molecule has 0 aliphatic heterocycles. The third-order valence-corrected chi connectivity index (χ3v) is 7.20. The Hall–Kier alpha value is -4.17. The van der Waals surface area contributed by atoms with Crippen LogP contribution >= 0.6 is 0 Å². The second-order valence-electron chi connectivity index (χ2n) is 10.4. The van der Waals surface area contributed by atoms with Crippen molar-refractivity contribution in [3.63, 3.8) is 0 Å². The van der Waals surface area contributed by atoms with E-state index in [9.17, 15) is 4.79 Å². The molecule has 3 heterocycles. The fourth-order valence-electron chi connectivity index (χ4n) is 4.77. The van der Waals surface area contributed by atoms with Crippen molar-refractivity contribution in [1.82, 2.24) is 35.1 Å². The average Bonchev–Trinajstić information content (AvgIpc) is 3.41. The molecule has 2 aromatic carbocycles. The monoisotopic (exact) mass is 507 g/mol. The van der Waals surface area contributed by atoms with Gasteiger partial charge in [0.05, 0.1) is 5.54 Å². The Kier molecular flexibility index (Phi) is 7.15. The number of hydrogen-bond donors (Lipinski definition) is 1. The largest absolute Gasteiger partial charge is 0.322 e. The molecule has 0 aliphatic rings. The average molecular weight is 508 g/mol. The van der Waals surface area contributed by atoms with E-state index in [0.29, 0.717) is 24.5 Å². The molecule has 1 atom stereocenters. The Morgan fingerprint density at radius 2 is 1.76 bits per heavy atom. The molecule has 0 saturated carbocycles. The van der Waals surface area contributed by atoms with Gasteiger partial charge >= 0.3 is 0 Å². The van der Waals surface area contributed by atoms with Crippen LogP contribution in [0.2, 0.25) is 0 Å². The molecule has 194 valence electrons. The van der Waals surface area contributed by atoms with Gasteiger partial charge in [-0.1, -0.05) is 55.0 Å². The van der Waals surface area contributed by atoms with Gasteiger partial charge in [-0.3, -0.25) is 14.7 Å². The lowest BCUT2D eigenvalue weighted by atomic mass is 9.98. The summed E-state index contributed by atoms with van der Waals surface area (Å²) >= 11 is 0. The van der Waals surface area contributed by atoms with Crippen LogP contribution in [-0.2, 0) is 18.6 Å². The Bertz CT molecular complexity index is 1530. The van der Waals surface area contributed by atoms with Gasteiger partial charge in [0.2, 0.25) is 0 Å². The molecule has 38 heavy (non-hydrogen) atoms. The Morgan fingerprint density at radius 1 is 1.00 bits per heavy atom. The zero-order valence-corrected chi connectivity index (χ0v) is 22.3. The number of benzene rings is 2. The lowest BCUT2D eigenvalue weighted by molar-refractivity contribution is 0.180. The maximum Gasteiger partial charge on any atom is 0.253 e. The van der Waals surface area contributed by atoms with Crippen LogP contribution < -0.4 is 5.56 Å². The van der Waals surface area contributed by atoms with Crippen molar-refractivity contribution in [2.24, 2.45) is 0 Å². The molecule has 0 spiro atoms. The Labute approximate surface area is 222 Å². The number of tetrazole rings is 1. The highest BCUT2D eigenvalue weighted by molar-refractivity contribution is 5.79. The number of rotatable bonds is 9. The quantitative estimate of drug-likeness (QED) is 0.296. The van der Waals surface area contributed by atoms with E-state index < -0.39 is 6.04 Å². The van der Waals surface area contributed by atoms with Gasteiger partial charge in [-0.2, -0.15) is 0 Å². The maximum absolute atomic E-state index is 13.7. The van der Waals surface area contributed by atoms with Gasteiger partial charge in [-0.15, -0.1) is 5.10 Å². The fraction of sp³-hybridized carbons (Fsp3) is 0.300. The molecule has 0 radical (unpaired) electrons. The first kappa shape index (κ1) is 25.5. The van der Waals surface area contributed by atoms with Crippen LogP contribution in [0, 0.1) is 6.92 Å². The molecule has 5 aromatic rings. The zero-order chi connectivity index (χ0) is 26.7. The van der Waals surface area contributed by atoms with Gasteiger partial charge in [0, 0.05) is 36.6 Å². The number of pyridine rings is 2. The standard InChI is InChI=1S/C30H33N7O/c1-5-30(3,4)37-28(33-34-35-37)27(25-17-24-16-21(2)13-14-26(24)32-29(25)38)36(19-22-10-7-6-8-11-22)20-23-12-9-15-31-18-23/h6-18,27H,5,19-20H2,1-4H3,(H,32,38)/t27-/m0/s1. The number of aromatic amines is 1. The predicted octanol–water partition coefficient (Wildman–Crippen LogP) is 5.15. The van der Waals surface area contributed by atoms with Crippen LogP contribution in [0.4, 0.5) is 0 Å². The fourth-order valence-corrected chi connectivity index (χ4v) is 4.77. The van der Waals surface area contributed by atoms with Gasteiger partial charge in [0.25, 0.3) is 5.56 Å². The van der Waals surface area contributed by atoms with Gasteiger partial charge in [-0.05, 0) is 78.4 Å². The minimum atomic E-state index is -0.509. The van der Waals surface area contributed by atoms with E-state index in [1.807, 2.05) is 53.3 Å². The molecule has 0 saturated heterocycles. The second-order valence-corrected chi connectivity index (χ2v) is 10.4. The summed E-state index contributed by atoms with van der Waals surface area (Å²) in [6.07, 6.45) is 4.46. The molecule has 0 unspecified atom stereocenters. The van der Waals surface area contributed by atoms with Crippen molar-refractivity contribution >= 4 is 10.9 Å². The SMILES string of the molecule is CCC(C)(C)n1nnnc1[C@H](c1cc2cc(C)ccc2[nH]c1=O)N(Cc1ccccc1)Cc1cccnc1. The maximum atomic E-state index is 13.7. The Morgan fingerprint density at radius 3 is 2.50 bits per heavy atom. The summed E-state index contributed by atoms with van der Waals surface area (Å²) in [4.78, 5) is 23.4. The summed E-state index contributed by atoms with van der Waals surface area (Å²) in [5.74, 6) is 0.633. The lowest BCUT2D eigenvalue weighted by Gasteiger charge is -2.33. The van der Waals surface area contributed by atoms with Crippen LogP contribution in [0.15, 0.2) is 83.9 Å². The molecule has 1 N–H and O–H groups in total. The highest BCUT2D eigenvalue weighted by atomic mass is 16.1. The summed E-state index contributed by atoms with van der Waals surface area (Å²) < 4.78 is 1.87. The van der Waals surface area contributed by atoms with E-state index in [4.69, 9.17) is 0 Å². The van der Waals surface area contributed by atoms with Crippen LogP contribution in [0.5, 0.6) is 0 Å².